The average molecular weight is 321 g/mol. The van der Waals surface area contributed by atoms with Crippen molar-refractivity contribution in [1.82, 2.24) is 4.90 Å². The molecule has 1 aliphatic heterocycles. The highest BCUT2D eigenvalue weighted by Gasteiger charge is 2.34. The Morgan fingerprint density at radius 3 is 2.67 bits per heavy atom. The molecule has 0 saturated carbocycles. The number of rotatable bonds is 2. The van der Waals surface area contributed by atoms with E-state index in [9.17, 15) is 22.4 Å². The minimum Gasteiger partial charge on any atom is -0.342 e. The number of carbonyl (C=O) groups excluding carboxylic acids is 1. The second kappa shape index (κ2) is 6.68. The number of thioether (sulfide) groups is 1. The Kier molecular flexibility index (Phi) is 5.13. The largest absolute Gasteiger partial charge is 0.397 e. The molecule has 1 aliphatic rings. The Hall–Kier alpha value is -1.24. The molecule has 1 saturated heterocycles. The van der Waals surface area contributed by atoms with E-state index in [0.29, 0.717) is 17.7 Å². The van der Waals surface area contributed by atoms with Crippen LogP contribution in [0.15, 0.2) is 24.3 Å². The molecule has 1 heterocycles. The van der Waals surface area contributed by atoms with Gasteiger partial charge < -0.3 is 4.90 Å². The highest BCUT2D eigenvalue weighted by Crippen LogP contribution is 2.36. The fourth-order valence-corrected chi connectivity index (χ4v) is 3.54. The number of carbonyl (C=O) groups is 1. The molecule has 2 nitrogen and oxygen atoms in total. The van der Waals surface area contributed by atoms with Gasteiger partial charge >= 0.3 is 6.18 Å². The van der Waals surface area contributed by atoms with Crippen LogP contribution in [0.1, 0.15) is 23.7 Å². The molecular formula is C14H15F4NOS. The van der Waals surface area contributed by atoms with E-state index >= 15 is 0 Å². The number of hydrogen-bond donors (Lipinski definition) is 0. The first-order chi connectivity index (χ1) is 9.87. The molecule has 1 atom stereocenters. The van der Waals surface area contributed by atoms with E-state index in [-0.39, 0.29) is 24.2 Å². The third-order valence-electron chi connectivity index (χ3n) is 3.30. The van der Waals surface area contributed by atoms with Crippen LogP contribution in [0.25, 0.3) is 0 Å². The Morgan fingerprint density at radius 2 is 2.00 bits per heavy atom. The van der Waals surface area contributed by atoms with E-state index in [0.717, 1.165) is 0 Å². The molecule has 1 fully saturated rings. The van der Waals surface area contributed by atoms with Gasteiger partial charge in [-0.25, -0.2) is 4.39 Å². The lowest BCUT2D eigenvalue weighted by molar-refractivity contribution is -0.161. The molecule has 0 radical (unpaired) electrons. The number of amides is 1. The van der Waals surface area contributed by atoms with Crippen molar-refractivity contribution in [1.29, 1.82) is 0 Å². The van der Waals surface area contributed by atoms with Crippen LogP contribution < -0.4 is 0 Å². The van der Waals surface area contributed by atoms with Crippen molar-refractivity contribution in [2.24, 2.45) is 0 Å². The number of alkyl halides is 3. The van der Waals surface area contributed by atoms with Gasteiger partial charge in [0.1, 0.15) is 12.2 Å². The van der Waals surface area contributed by atoms with Crippen molar-refractivity contribution in [3.8, 4) is 0 Å². The van der Waals surface area contributed by atoms with Crippen LogP contribution in [-0.4, -0.2) is 35.8 Å². The molecule has 1 amide bonds. The molecule has 1 aromatic rings. The smallest absolute Gasteiger partial charge is 0.342 e. The SMILES string of the molecule is O=C(CC(F)(F)F)N1CCSC(c2ccccc2F)CC1. The van der Waals surface area contributed by atoms with E-state index in [1.165, 1.54) is 22.7 Å². The van der Waals surface area contributed by atoms with E-state index in [1.54, 1.807) is 18.2 Å². The normalized spacial score (nSPS) is 20.2. The maximum atomic E-state index is 13.7. The fraction of sp³-hybridized carbons (Fsp3) is 0.500. The third-order valence-corrected chi connectivity index (χ3v) is 4.61. The Labute approximate surface area is 124 Å². The van der Waals surface area contributed by atoms with Crippen molar-refractivity contribution >= 4 is 17.7 Å². The van der Waals surface area contributed by atoms with Crippen LogP contribution in [0.3, 0.4) is 0 Å². The van der Waals surface area contributed by atoms with Gasteiger partial charge in [-0.2, -0.15) is 24.9 Å². The summed E-state index contributed by atoms with van der Waals surface area (Å²) in [5.41, 5.74) is 0.549. The summed E-state index contributed by atoms with van der Waals surface area (Å²) in [6.07, 6.45) is -5.46. The van der Waals surface area contributed by atoms with Crippen LogP contribution in [0, 0.1) is 5.82 Å². The van der Waals surface area contributed by atoms with Crippen molar-refractivity contribution in [3.63, 3.8) is 0 Å². The highest BCUT2D eigenvalue weighted by molar-refractivity contribution is 7.99. The van der Waals surface area contributed by atoms with Crippen LogP contribution in [0.5, 0.6) is 0 Å². The number of halogens is 4. The number of hydrogen-bond acceptors (Lipinski definition) is 2. The lowest BCUT2D eigenvalue weighted by atomic mass is 10.1. The molecular weight excluding hydrogens is 306 g/mol. The predicted molar refractivity (Wildman–Crippen MR) is 73.5 cm³/mol. The topological polar surface area (TPSA) is 20.3 Å². The van der Waals surface area contributed by atoms with Gasteiger partial charge in [-0.15, -0.1) is 0 Å². The molecule has 21 heavy (non-hydrogen) atoms. The van der Waals surface area contributed by atoms with Gasteiger partial charge in [0.15, 0.2) is 0 Å². The molecule has 7 heteroatoms. The second-order valence-electron chi connectivity index (χ2n) is 4.84. The van der Waals surface area contributed by atoms with E-state index in [4.69, 9.17) is 0 Å². The summed E-state index contributed by atoms with van der Waals surface area (Å²) >= 11 is 1.48. The minimum absolute atomic E-state index is 0.130. The van der Waals surface area contributed by atoms with Gasteiger partial charge in [0.2, 0.25) is 5.91 Å². The van der Waals surface area contributed by atoms with Crippen molar-refractivity contribution in [2.75, 3.05) is 18.8 Å². The molecule has 0 aromatic heterocycles. The maximum Gasteiger partial charge on any atom is 0.397 e. The molecule has 0 aliphatic carbocycles. The van der Waals surface area contributed by atoms with Crippen molar-refractivity contribution < 1.29 is 22.4 Å². The molecule has 116 valence electrons. The summed E-state index contributed by atoms with van der Waals surface area (Å²) in [6.45, 7) is 0.492. The lowest BCUT2D eigenvalue weighted by Gasteiger charge is -2.21. The van der Waals surface area contributed by atoms with Crippen molar-refractivity contribution in [2.45, 2.75) is 24.3 Å². The summed E-state index contributed by atoms with van der Waals surface area (Å²) in [4.78, 5) is 12.8. The zero-order valence-electron chi connectivity index (χ0n) is 11.2. The summed E-state index contributed by atoms with van der Waals surface area (Å²) in [5, 5.41) is -0.130. The molecule has 0 N–H and O–H groups in total. The predicted octanol–water partition coefficient (Wildman–Crippen LogP) is 3.78. The standard InChI is InChI=1S/C14H15F4NOS/c15-11-4-2-1-3-10(11)12-5-6-19(7-8-21-12)13(20)9-14(16,17)18/h1-4,12H,5-9H2. The minimum atomic E-state index is -4.48. The molecule has 1 unspecified atom stereocenters. The molecule has 0 spiro atoms. The van der Waals surface area contributed by atoms with Gasteiger partial charge in [-0.1, -0.05) is 18.2 Å². The first-order valence-corrected chi connectivity index (χ1v) is 7.62. The van der Waals surface area contributed by atoms with E-state index in [1.807, 2.05) is 0 Å². The number of benzene rings is 1. The number of nitrogens with zero attached hydrogens (tertiary/aromatic N) is 1. The van der Waals surface area contributed by atoms with Gasteiger partial charge in [0, 0.05) is 29.7 Å². The summed E-state index contributed by atoms with van der Waals surface area (Å²) in [6, 6.07) is 6.38. The van der Waals surface area contributed by atoms with Gasteiger partial charge in [0.05, 0.1) is 0 Å². The average Bonchev–Trinajstić information content (AvgIpc) is 2.63. The summed E-state index contributed by atoms with van der Waals surface area (Å²) in [5.74, 6) is -0.717. The second-order valence-corrected chi connectivity index (χ2v) is 6.15. The monoisotopic (exact) mass is 321 g/mol. The first-order valence-electron chi connectivity index (χ1n) is 6.57. The van der Waals surface area contributed by atoms with Gasteiger partial charge in [-0.05, 0) is 12.5 Å². The molecule has 2 rings (SSSR count). The Morgan fingerprint density at radius 1 is 1.29 bits per heavy atom. The van der Waals surface area contributed by atoms with Crippen LogP contribution in [0.2, 0.25) is 0 Å². The van der Waals surface area contributed by atoms with Gasteiger partial charge in [0.25, 0.3) is 0 Å². The Balaban J connectivity index is 1.99. The zero-order valence-corrected chi connectivity index (χ0v) is 12.0. The zero-order chi connectivity index (χ0) is 15.5. The van der Waals surface area contributed by atoms with Crippen LogP contribution >= 0.6 is 11.8 Å². The van der Waals surface area contributed by atoms with E-state index in [2.05, 4.69) is 0 Å². The summed E-state index contributed by atoms with van der Waals surface area (Å²) in [7, 11) is 0. The maximum absolute atomic E-state index is 13.7. The van der Waals surface area contributed by atoms with Crippen molar-refractivity contribution in [3.05, 3.63) is 35.6 Å². The van der Waals surface area contributed by atoms with E-state index < -0.39 is 18.5 Å². The first kappa shape index (κ1) is 16.1. The molecule has 0 bridgehead atoms. The third kappa shape index (κ3) is 4.62. The quantitative estimate of drug-likeness (QED) is 0.773. The van der Waals surface area contributed by atoms with Crippen LogP contribution in [-0.2, 0) is 4.79 Å². The van der Waals surface area contributed by atoms with Crippen LogP contribution in [0.4, 0.5) is 17.6 Å². The fourth-order valence-electron chi connectivity index (χ4n) is 2.29. The summed E-state index contributed by atoms with van der Waals surface area (Å²) < 4.78 is 50.5. The van der Waals surface area contributed by atoms with Gasteiger partial charge in [-0.3, -0.25) is 4.79 Å². The Bertz CT molecular complexity index is 506. The lowest BCUT2D eigenvalue weighted by Crippen LogP contribution is -2.35. The molecule has 1 aromatic carbocycles. The highest BCUT2D eigenvalue weighted by atomic mass is 32.2.